The predicted molar refractivity (Wildman–Crippen MR) is 69.2 cm³/mol. The molecule has 0 amide bonds. The zero-order valence-electron chi connectivity index (χ0n) is 9.59. The Bertz CT molecular complexity index is 459. The van der Waals surface area contributed by atoms with Gasteiger partial charge in [-0.05, 0) is 6.07 Å². The molecule has 2 rings (SSSR count). The lowest BCUT2D eigenvalue weighted by Crippen LogP contribution is -2.10. The van der Waals surface area contributed by atoms with Crippen molar-refractivity contribution in [2.24, 2.45) is 5.73 Å². The minimum Gasteiger partial charge on any atom is -0.496 e. The van der Waals surface area contributed by atoms with Crippen LogP contribution in [0, 0.1) is 0 Å². The van der Waals surface area contributed by atoms with Crippen LogP contribution in [0.25, 0.3) is 0 Å². The van der Waals surface area contributed by atoms with Gasteiger partial charge in [0.05, 0.1) is 12.4 Å². The fourth-order valence-electron chi connectivity index (χ4n) is 1.62. The molecule has 5 heteroatoms. The number of H-pyrrole nitrogens is 1. The van der Waals surface area contributed by atoms with Crippen LogP contribution >= 0.6 is 11.8 Å². The van der Waals surface area contributed by atoms with Gasteiger partial charge in [0.2, 0.25) is 0 Å². The monoisotopic (exact) mass is 249 g/mol. The highest BCUT2D eigenvalue weighted by molar-refractivity contribution is 7.99. The Morgan fingerprint density at radius 2 is 2.29 bits per heavy atom. The number of methoxy groups -OCH3 is 1. The molecule has 1 unspecified atom stereocenters. The summed E-state index contributed by atoms with van der Waals surface area (Å²) in [6.07, 6.45) is 3.54. The van der Waals surface area contributed by atoms with Crippen LogP contribution in [-0.4, -0.2) is 23.6 Å². The van der Waals surface area contributed by atoms with Crippen molar-refractivity contribution in [2.75, 3.05) is 13.7 Å². The van der Waals surface area contributed by atoms with Crippen LogP contribution in [0.15, 0.2) is 41.8 Å². The Kier molecular flexibility index (Phi) is 4.06. The van der Waals surface area contributed by atoms with Crippen LogP contribution in [0.3, 0.4) is 0 Å². The molecule has 0 radical (unpaired) electrons. The Hall–Kier alpha value is -1.46. The molecular formula is C12H15N3OS. The van der Waals surface area contributed by atoms with E-state index in [-0.39, 0.29) is 5.25 Å². The summed E-state index contributed by atoms with van der Waals surface area (Å²) >= 11 is 1.61. The van der Waals surface area contributed by atoms with Gasteiger partial charge in [-0.25, -0.2) is 4.98 Å². The molecule has 1 aromatic heterocycles. The van der Waals surface area contributed by atoms with E-state index >= 15 is 0 Å². The number of hydrogen-bond acceptors (Lipinski definition) is 4. The van der Waals surface area contributed by atoms with Gasteiger partial charge in [-0.1, -0.05) is 30.0 Å². The van der Waals surface area contributed by atoms with Crippen LogP contribution < -0.4 is 10.5 Å². The number of para-hydroxylation sites is 1. The molecule has 0 aliphatic heterocycles. The Morgan fingerprint density at radius 1 is 1.47 bits per heavy atom. The zero-order valence-corrected chi connectivity index (χ0v) is 10.4. The fourth-order valence-corrected chi connectivity index (χ4v) is 2.57. The standard InChI is InChI=1S/C12H15N3OS/c1-16-10-5-3-2-4-9(10)11(8-13)17-12-14-6-7-15-12/h2-7,11H,8,13H2,1H3,(H,14,15). The number of imidazole rings is 1. The quantitative estimate of drug-likeness (QED) is 0.797. The molecule has 0 saturated carbocycles. The molecule has 0 aliphatic rings. The van der Waals surface area contributed by atoms with Gasteiger partial charge in [-0.15, -0.1) is 0 Å². The summed E-state index contributed by atoms with van der Waals surface area (Å²) in [4.78, 5) is 7.26. The number of rotatable bonds is 5. The summed E-state index contributed by atoms with van der Waals surface area (Å²) in [6, 6.07) is 7.92. The third-order valence-corrected chi connectivity index (χ3v) is 3.60. The SMILES string of the molecule is COc1ccccc1C(CN)Sc1ncc[nH]1. The molecule has 0 aliphatic carbocycles. The summed E-state index contributed by atoms with van der Waals surface area (Å²) in [6.45, 7) is 0.533. The second-order valence-corrected chi connectivity index (χ2v) is 4.67. The first-order valence-corrected chi connectivity index (χ1v) is 6.22. The van der Waals surface area contributed by atoms with Crippen molar-refractivity contribution in [1.29, 1.82) is 0 Å². The zero-order chi connectivity index (χ0) is 12.1. The molecule has 0 fully saturated rings. The van der Waals surface area contributed by atoms with E-state index in [0.29, 0.717) is 6.54 Å². The molecule has 3 N–H and O–H groups in total. The molecule has 1 heterocycles. The second kappa shape index (κ2) is 5.75. The number of benzene rings is 1. The van der Waals surface area contributed by atoms with Crippen molar-refractivity contribution < 1.29 is 4.74 Å². The molecular weight excluding hydrogens is 234 g/mol. The molecule has 90 valence electrons. The van der Waals surface area contributed by atoms with Crippen molar-refractivity contribution in [1.82, 2.24) is 9.97 Å². The maximum Gasteiger partial charge on any atom is 0.165 e. The van der Waals surface area contributed by atoms with E-state index < -0.39 is 0 Å². The molecule has 0 spiro atoms. The third-order valence-electron chi connectivity index (χ3n) is 2.43. The van der Waals surface area contributed by atoms with E-state index in [0.717, 1.165) is 16.5 Å². The second-order valence-electron chi connectivity index (χ2n) is 3.48. The average molecular weight is 249 g/mol. The molecule has 2 aromatic rings. The molecule has 17 heavy (non-hydrogen) atoms. The van der Waals surface area contributed by atoms with E-state index in [2.05, 4.69) is 9.97 Å². The Morgan fingerprint density at radius 3 is 2.94 bits per heavy atom. The van der Waals surface area contributed by atoms with Gasteiger partial charge in [0, 0.05) is 24.5 Å². The van der Waals surface area contributed by atoms with Crippen LogP contribution in [0.4, 0.5) is 0 Å². The molecule has 1 atom stereocenters. The first-order valence-electron chi connectivity index (χ1n) is 5.34. The average Bonchev–Trinajstić information content (AvgIpc) is 2.89. The Labute approximate surface area is 105 Å². The number of hydrogen-bond donors (Lipinski definition) is 2. The number of ether oxygens (including phenoxy) is 1. The van der Waals surface area contributed by atoms with Crippen LogP contribution in [-0.2, 0) is 0 Å². The van der Waals surface area contributed by atoms with E-state index in [4.69, 9.17) is 10.5 Å². The van der Waals surface area contributed by atoms with Crippen molar-refractivity contribution in [3.05, 3.63) is 42.2 Å². The highest BCUT2D eigenvalue weighted by Gasteiger charge is 2.16. The predicted octanol–water partition coefficient (Wildman–Crippen LogP) is 2.21. The van der Waals surface area contributed by atoms with Gasteiger partial charge < -0.3 is 15.5 Å². The van der Waals surface area contributed by atoms with Crippen LogP contribution in [0.1, 0.15) is 10.8 Å². The minimum absolute atomic E-state index is 0.136. The largest absolute Gasteiger partial charge is 0.496 e. The van der Waals surface area contributed by atoms with Crippen molar-refractivity contribution >= 4 is 11.8 Å². The van der Waals surface area contributed by atoms with Gasteiger partial charge in [0.25, 0.3) is 0 Å². The van der Waals surface area contributed by atoms with Crippen LogP contribution in [0.2, 0.25) is 0 Å². The highest BCUT2D eigenvalue weighted by Crippen LogP contribution is 2.36. The molecule has 0 saturated heterocycles. The van der Waals surface area contributed by atoms with Gasteiger partial charge in [0.15, 0.2) is 5.16 Å². The number of aromatic nitrogens is 2. The smallest absolute Gasteiger partial charge is 0.165 e. The molecule has 1 aromatic carbocycles. The first-order chi connectivity index (χ1) is 8.35. The molecule has 4 nitrogen and oxygen atoms in total. The lowest BCUT2D eigenvalue weighted by atomic mass is 10.1. The highest BCUT2D eigenvalue weighted by atomic mass is 32.2. The summed E-state index contributed by atoms with van der Waals surface area (Å²) < 4.78 is 5.35. The number of nitrogens with one attached hydrogen (secondary N) is 1. The minimum atomic E-state index is 0.136. The number of aromatic amines is 1. The van der Waals surface area contributed by atoms with Crippen molar-refractivity contribution in [3.8, 4) is 5.75 Å². The lowest BCUT2D eigenvalue weighted by molar-refractivity contribution is 0.409. The van der Waals surface area contributed by atoms with E-state index in [1.54, 1.807) is 31.3 Å². The van der Waals surface area contributed by atoms with Gasteiger partial charge in [-0.3, -0.25) is 0 Å². The maximum absolute atomic E-state index is 5.83. The normalized spacial score (nSPS) is 12.4. The van der Waals surface area contributed by atoms with Crippen molar-refractivity contribution in [3.63, 3.8) is 0 Å². The van der Waals surface area contributed by atoms with Gasteiger partial charge in [-0.2, -0.15) is 0 Å². The van der Waals surface area contributed by atoms with Crippen molar-refractivity contribution in [2.45, 2.75) is 10.4 Å². The fraction of sp³-hybridized carbons (Fsp3) is 0.250. The lowest BCUT2D eigenvalue weighted by Gasteiger charge is -2.16. The van der Waals surface area contributed by atoms with E-state index in [1.807, 2.05) is 24.3 Å². The number of nitrogens with zero attached hydrogens (tertiary/aromatic N) is 1. The number of nitrogens with two attached hydrogens (primary N) is 1. The topological polar surface area (TPSA) is 63.9 Å². The van der Waals surface area contributed by atoms with E-state index in [9.17, 15) is 0 Å². The van der Waals surface area contributed by atoms with Gasteiger partial charge >= 0.3 is 0 Å². The summed E-state index contributed by atoms with van der Waals surface area (Å²) in [5.74, 6) is 0.863. The van der Waals surface area contributed by atoms with E-state index in [1.165, 1.54) is 0 Å². The Balaban J connectivity index is 2.22. The van der Waals surface area contributed by atoms with Gasteiger partial charge in [0.1, 0.15) is 5.75 Å². The number of thioether (sulfide) groups is 1. The first kappa shape index (κ1) is 12.0. The summed E-state index contributed by atoms with van der Waals surface area (Å²) in [5.41, 5.74) is 6.92. The maximum atomic E-state index is 5.83. The summed E-state index contributed by atoms with van der Waals surface area (Å²) in [5, 5.41) is 1.00. The molecule has 0 bridgehead atoms. The third kappa shape index (κ3) is 2.81. The van der Waals surface area contributed by atoms with Crippen LogP contribution in [0.5, 0.6) is 5.75 Å². The summed E-state index contributed by atoms with van der Waals surface area (Å²) in [7, 11) is 1.67.